The van der Waals surface area contributed by atoms with Crippen LogP contribution in [0.3, 0.4) is 0 Å². The average molecular weight is 332 g/mol. The van der Waals surface area contributed by atoms with Crippen molar-refractivity contribution < 1.29 is 4.74 Å². The zero-order chi connectivity index (χ0) is 15.6. The van der Waals surface area contributed by atoms with Gasteiger partial charge in [-0.15, -0.1) is 11.3 Å². The molecule has 0 amide bonds. The lowest BCUT2D eigenvalue weighted by Gasteiger charge is -2.31. The average Bonchev–Trinajstić information content (AvgIpc) is 3.22. The molecule has 124 valence electrons. The van der Waals surface area contributed by atoms with E-state index in [9.17, 15) is 0 Å². The molecule has 2 saturated heterocycles. The van der Waals surface area contributed by atoms with E-state index in [2.05, 4.69) is 33.2 Å². The van der Waals surface area contributed by atoms with Crippen molar-refractivity contribution in [1.29, 1.82) is 0 Å². The van der Waals surface area contributed by atoms with Gasteiger partial charge in [-0.25, -0.2) is 9.97 Å². The second-order valence-electron chi connectivity index (χ2n) is 6.48. The van der Waals surface area contributed by atoms with E-state index >= 15 is 0 Å². The molecular weight excluding hydrogens is 308 g/mol. The second-order valence-corrected chi connectivity index (χ2v) is 7.59. The van der Waals surface area contributed by atoms with Crippen molar-refractivity contribution in [2.24, 2.45) is 0 Å². The van der Waals surface area contributed by atoms with E-state index in [1.807, 2.05) is 0 Å². The third kappa shape index (κ3) is 3.20. The quantitative estimate of drug-likeness (QED) is 0.933. The van der Waals surface area contributed by atoms with E-state index in [4.69, 9.17) is 4.74 Å². The lowest BCUT2D eigenvalue weighted by molar-refractivity contribution is 0.0421. The van der Waals surface area contributed by atoms with Crippen molar-refractivity contribution in [1.82, 2.24) is 14.9 Å². The Hall–Kier alpha value is -1.24. The SMILES string of the molecule is CCc1cc2c(NC3CCN(C4CCOCC4)C3)ncnc2s1. The van der Waals surface area contributed by atoms with Crippen molar-refractivity contribution in [3.63, 3.8) is 0 Å². The van der Waals surface area contributed by atoms with Crippen molar-refractivity contribution in [2.45, 2.75) is 44.7 Å². The molecule has 4 rings (SSSR count). The molecule has 2 aromatic rings. The Bertz CT molecular complexity index is 668. The molecular formula is C17H24N4OS. The molecule has 1 N–H and O–H groups in total. The van der Waals surface area contributed by atoms with E-state index in [-0.39, 0.29) is 0 Å². The summed E-state index contributed by atoms with van der Waals surface area (Å²) < 4.78 is 5.48. The number of anilines is 1. The smallest absolute Gasteiger partial charge is 0.138 e. The summed E-state index contributed by atoms with van der Waals surface area (Å²) in [5.41, 5.74) is 0. The number of hydrogen-bond donors (Lipinski definition) is 1. The molecule has 6 heteroatoms. The van der Waals surface area contributed by atoms with Gasteiger partial charge in [0.1, 0.15) is 17.0 Å². The van der Waals surface area contributed by atoms with Gasteiger partial charge in [0.2, 0.25) is 0 Å². The van der Waals surface area contributed by atoms with Crippen LogP contribution in [0.5, 0.6) is 0 Å². The van der Waals surface area contributed by atoms with Crippen LogP contribution in [0.2, 0.25) is 0 Å². The van der Waals surface area contributed by atoms with Crippen molar-refractivity contribution >= 4 is 27.4 Å². The largest absolute Gasteiger partial charge is 0.381 e. The van der Waals surface area contributed by atoms with Gasteiger partial charge < -0.3 is 10.1 Å². The van der Waals surface area contributed by atoms with Crippen LogP contribution in [0.25, 0.3) is 10.2 Å². The summed E-state index contributed by atoms with van der Waals surface area (Å²) in [6.45, 7) is 6.32. The number of nitrogens with zero attached hydrogens (tertiary/aromatic N) is 3. The number of likely N-dealkylation sites (tertiary alicyclic amines) is 1. The lowest BCUT2D eigenvalue weighted by atomic mass is 10.1. The van der Waals surface area contributed by atoms with E-state index in [1.165, 1.54) is 36.1 Å². The van der Waals surface area contributed by atoms with Gasteiger partial charge >= 0.3 is 0 Å². The third-order valence-electron chi connectivity index (χ3n) is 5.00. The summed E-state index contributed by atoms with van der Waals surface area (Å²) in [5, 5.41) is 4.85. The van der Waals surface area contributed by atoms with Gasteiger partial charge in [-0.3, -0.25) is 4.90 Å². The topological polar surface area (TPSA) is 50.3 Å². The van der Waals surface area contributed by atoms with Crippen LogP contribution >= 0.6 is 11.3 Å². The first-order valence-electron chi connectivity index (χ1n) is 8.65. The number of ether oxygens (including phenoxy) is 1. The summed E-state index contributed by atoms with van der Waals surface area (Å²) in [6, 6.07) is 3.43. The van der Waals surface area contributed by atoms with Crippen LogP contribution in [-0.2, 0) is 11.2 Å². The number of rotatable bonds is 4. The highest BCUT2D eigenvalue weighted by atomic mass is 32.1. The van der Waals surface area contributed by atoms with Gasteiger partial charge in [0, 0.05) is 43.3 Å². The Balaban J connectivity index is 1.45. The Morgan fingerprint density at radius 2 is 2.17 bits per heavy atom. The van der Waals surface area contributed by atoms with Crippen LogP contribution < -0.4 is 5.32 Å². The molecule has 0 aliphatic carbocycles. The summed E-state index contributed by atoms with van der Waals surface area (Å²) in [7, 11) is 0. The molecule has 0 saturated carbocycles. The van der Waals surface area contributed by atoms with Gasteiger partial charge in [-0.05, 0) is 31.7 Å². The molecule has 2 fully saturated rings. The maximum atomic E-state index is 5.48. The Morgan fingerprint density at radius 3 is 3.00 bits per heavy atom. The van der Waals surface area contributed by atoms with Gasteiger partial charge in [0.05, 0.1) is 5.39 Å². The summed E-state index contributed by atoms with van der Waals surface area (Å²) >= 11 is 1.78. The fourth-order valence-corrected chi connectivity index (χ4v) is 4.61. The number of nitrogens with one attached hydrogen (secondary N) is 1. The number of aromatic nitrogens is 2. The zero-order valence-electron chi connectivity index (χ0n) is 13.6. The first-order chi connectivity index (χ1) is 11.3. The summed E-state index contributed by atoms with van der Waals surface area (Å²) in [6.07, 6.45) is 6.28. The normalized spacial score (nSPS) is 23.6. The highest BCUT2D eigenvalue weighted by molar-refractivity contribution is 7.18. The minimum Gasteiger partial charge on any atom is -0.381 e. The minimum absolute atomic E-state index is 0.487. The van der Waals surface area contributed by atoms with Gasteiger partial charge in [0.15, 0.2) is 0 Å². The molecule has 2 aromatic heterocycles. The van der Waals surface area contributed by atoms with Crippen molar-refractivity contribution in [3.8, 4) is 0 Å². The molecule has 5 nitrogen and oxygen atoms in total. The Morgan fingerprint density at radius 1 is 1.30 bits per heavy atom. The van der Waals surface area contributed by atoms with E-state index < -0.39 is 0 Å². The summed E-state index contributed by atoms with van der Waals surface area (Å²) in [5.74, 6) is 1.00. The van der Waals surface area contributed by atoms with Crippen molar-refractivity contribution in [2.75, 3.05) is 31.6 Å². The van der Waals surface area contributed by atoms with Crippen LogP contribution in [0.1, 0.15) is 31.1 Å². The minimum atomic E-state index is 0.487. The maximum Gasteiger partial charge on any atom is 0.138 e. The molecule has 0 aromatic carbocycles. The van der Waals surface area contributed by atoms with Crippen LogP contribution in [0, 0.1) is 0 Å². The standard InChI is InChI=1S/C17H24N4OS/c1-2-14-9-15-16(18-11-19-17(15)23-14)20-12-3-6-21(10-12)13-4-7-22-8-5-13/h9,11-13H,2-8,10H2,1H3,(H,18,19,20). The predicted molar refractivity (Wildman–Crippen MR) is 94.2 cm³/mol. The first kappa shape index (κ1) is 15.3. The Labute approximate surface area is 141 Å². The second kappa shape index (κ2) is 6.71. The molecule has 2 aliphatic rings. The van der Waals surface area contributed by atoms with Crippen LogP contribution in [-0.4, -0.2) is 53.3 Å². The van der Waals surface area contributed by atoms with Crippen LogP contribution in [0.15, 0.2) is 12.4 Å². The van der Waals surface area contributed by atoms with E-state index in [0.29, 0.717) is 12.1 Å². The number of hydrogen-bond acceptors (Lipinski definition) is 6. The van der Waals surface area contributed by atoms with Crippen molar-refractivity contribution in [3.05, 3.63) is 17.3 Å². The highest BCUT2D eigenvalue weighted by Crippen LogP contribution is 2.30. The maximum absolute atomic E-state index is 5.48. The van der Waals surface area contributed by atoms with Crippen LogP contribution in [0.4, 0.5) is 5.82 Å². The third-order valence-corrected chi connectivity index (χ3v) is 6.18. The van der Waals surface area contributed by atoms with E-state index in [0.717, 1.165) is 36.8 Å². The summed E-state index contributed by atoms with van der Waals surface area (Å²) in [4.78, 5) is 14.0. The number of thiophene rings is 1. The predicted octanol–water partition coefficient (Wildman–Crippen LogP) is 2.92. The molecule has 4 heterocycles. The van der Waals surface area contributed by atoms with Gasteiger partial charge in [-0.2, -0.15) is 0 Å². The molecule has 0 spiro atoms. The van der Waals surface area contributed by atoms with E-state index in [1.54, 1.807) is 17.7 Å². The van der Waals surface area contributed by atoms with Gasteiger partial charge in [0.25, 0.3) is 0 Å². The molecule has 2 aliphatic heterocycles. The fraction of sp³-hybridized carbons (Fsp3) is 0.647. The molecule has 0 radical (unpaired) electrons. The first-order valence-corrected chi connectivity index (χ1v) is 9.47. The molecule has 1 atom stereocenters. The fourth-order valence-electron chi connectivity index (χ4n) is 3.68. The monoisotopic (exact) mass is 332 g/mol. The molecule has 1 unspecified atom stereocenters. The highest BCUT2D eigenvalue weighted by Gasteiger charge is 2.29. The zero-order valence-corrected chi connectivity index (χ0v) is 14.4. The molecule has 0 bridgehead atoms. The number of fused-ring (bicyclic) bond motifs is 1. The molecule has 23 heavy (non-hydrogen) atoms. The lowest BCUT2D eigenvalue weighted by Crippen LogP contribution is -2.39. The van der Waals surface area contributed by atoms with Gasteiger partial charge in [-0.1, -0.05) is 6.92 Å². The Kier molecular flexibility index (Phi) is 4.46. The number of aryl methyl sites for hydroxylation is 1.